The van der Waals surface area contributed by atoms with E-state index < -0.39 is 5.91 Å². The number of amides is 1. The number of benzene rings is 1. The first kappa shape index (κ1) is 18.9. The maximum absolute atomic E-state index is 12.4. The van der Waals surface area contributed by atoms with Gasteiger partial charge >= 0.3 is 0 Å². The maximum Gasteiger partial charge on any atom is 0.260 e. The van der Waals surface area contributed by atoms with Gasteiger partial charge in [-0.15, -0.1) is 10.2 Å². The summed E-state index contributed by atoms with van der Waals surface area (Å²) in [4.78, 5) is 12.4. The molecule has 2 aromatic rings. The summed E-state index contributed by atoms with van der Waals surface area (Å²) in [5.41, 5.74) is 2.37. The van der Waals surface area contributed by atoms with Crippen molar-refractivity contribution in [2.75, 3.05) is 12.4 Å². The van der Waals surface area contributed by atoms with Crippen molar-refractivity contribution in [2.45, 2.75) is 20.3 Å². The van der Waals surface area contributed by atoms with Crippen molar-refractivity contribution in [1.82, 2.24) is 10.2 Å². The molecule has 26 heavy (non-hydrogen) atoms. The Hall–Kier alpha value is -1.89. The lowest BCUT2D eigenvalue weighted by molar-refractivity contribution is 0.102. The van der Waals surface area contributed by atoms with Gasteiger partial charge < -0.3 is 4.74 Å². The molecule has 0 radical (unpaired) electrons. The average molecular weight is 410 g/mol. The largest absolute Gasteiger partial charge is 0.501 e. The first-order valence-electron chi connectivity index (χ1n) is 7.95. The van der Waals surface area contributed by atoms with Crippen LogP contribution in [0.15, 0.2) is 35.6 Å². The molecule has 1 aliphatic rings. The van der Waals surface area contributed by atoms with Crippen molar-refractivity contribution in [3.8, 4) is 0 Å². The minimum atomic E-state index is -0.410. The fourth-order valence-corrected chi connectivity index (χ4v) is 4.32. The maximum atomic E-state index is 12.4. The smallest absolute Gasteiger partial charge is 0.260 e. The predicted molar refractivity (Wildman–Crippen MR) is 106 cm³/mol. The fraction of sp³-hybridized carbons (Fsp3) is 0.278. The van der Waals surface area contributed by atoms with Crippen LogP contribution in [0.1, 0.15) is 35.6 Å². The minimum absolute atomic E-state index is 0.224. The first-order chi connectivity index (χ1) is 12.4. The normalized spacial score (nSPS) is 17.1. The van der Waals surface area contributed by atoms with Gasteiger partial charge in [-0.25, -0.2) is 0 Å². The van der Waals surface area contributed by atoms with Crippen molar-refractivity contribution >= 4 is 51.2 Å². The molecule has 0 fully saturated rings. The molecule has 8 heteroatoms. The quantitative estimate of drug-likeness (QED) is 0.729. The van der Waals surface area contributed by atoms with Gasteiger partial charge in [0.05, 0.1) is 22.7 Å². The van der Waals surface area contributed by atoms with Gasteiger partial charge in [0.15, 0.2) is 0 Å². The predicted octanol–water partition coefficient (Wildman–Crippen LogP) is 5.44. The second kappa shape index (κ2) is 7.78. The lowest BCUT2D eigenvalue weighted by Gasteiger charge is -2.22. The number of carbonyl (C=O) groups excluding carboxylic acids is 1. The summed E-state index contributed by atoms with van der Waals surface area (Å²) < 4.78 is 5.45. The monoisotopic (exact) mass is 409 g/mol. The SMILES string of the molecule is COC1=C(C)C=C(c2nnc(NC(=O)c3c(Cl)cccc3Cl)s2)CC1C. The van der Waals surface area contributed by atoms with Gasteiger partial charge in [-0.3, -0.25) is 10.1 Å². The molecule has 1 aromatic heterocycles. The Bertz CT molecular complexity index is 901. The van der Waals surface area contributed by atoms with E-state index >= 15 is 0 Å². The van der Waals surface area contributed by atoms with Crippen molar-refractivity contribution in [2.24, 2.45) is 5.92 Å². The van der Waals surface area contributed by atoms with Gasteiger partial charge in [0, 0.05) is 5.92 Å². The number of hydrogen-bond donors (Lipinski definition) is 1. The summed E-state index contributed by atoms with van der Waals surface area (Å²) >= 11 is 13.5. The molecule has 1 unspecified atom stereocenters. The third kappa shape index (κ3) is 3.77. The van der Waals surface area contributed by atoms with E-state index in [1.807, 2.05) is 6.92 Å². The number of anilines is 1. The molecule has 1 aromatic carbocycles. The Kier molecular flexibility index (Phi) is 5.65. The van der Waals surface area contributed by atoms with Crippen LogP contribution in [0.4, 0.5) is 5.13 Å². The van der Waals surface area contributed by atoms with Gasteiger partial charge in [0.1, 0.15) is 10.8 Å². The Morgan fingerprint density at radius 1 is 1.31 bits per heavy atom. The third-order valence-electron chi connectivity index (χ3n) is 4.08. The van der Waals surface area contributed by atoms with E-state index in [-0.39, 0.29) is 21.5 Å². The van der Waals surface area contributed by atoms with Gasteiger partial charge in [-0.05, 0) is 42.7 Å². The molecule has 1 atom stereocenters. The lowest BCUT2D eigenvalue weighted by atomic mass is 9.90. The highest BCUT2D eigenvalue weighted by atomic mass is 35.5. The number of rotatable bonds is 4. The Labute approximate surface area is 165 Å². The van der Waals surface area contributed by atoms with Crippen molar-refractivity contribution in [3.63, 3.8) is 0 Å². The third-order valence-corrected chi connectivity index (χ3v) is 5.63. The lowest BCUT2D eigenvalue weighted by Crippen LogP contribution is -2.12. The minimum Gasteiger partial charge on any atom is -0.501 e. The summed E-state index contributed by atoms with van der Waals surface area (Å²) in [6, 6.07) is 4.92. The number of halogens is 2. The number of carbonyl (C=O) groups is 1. The number of allylic oxidation sites excluding steroid dienone is 4. The highest BCUT2D eigenvalue weighted by molar-refractivity contribution is 7.16. The van der Waals surface area contributed by atoms with Crippen LogP contribution in [-0.4, -0.2) is 23.2 Å². The van der Waals surface area contributed by atoms with E-state index in [9.17, 15) is 4.79 Å². The van der Waals surface area contributed by atoms with Crippen molar-refractivity contribution in [3.05, 3.63) is 56.2 Å². The molecule has 1 amide bonds. The fourth-order valence-electron chi connectivity index (χ4n) is 2.99. The molecular formula is C18H17Cl2N3O2S. The number of nitrogens with one attached hydrogen (secondary N) is 1. The average Bonchev–Trinajstić information content (AvgIpc) is 3.03. The molecule has 136 valence electrons. The topological polar surface area (TPSA) is 64.1 Å². The number of aromatic nitrogens is 2. The van der Waals surface area contributed by atoms with Crippen molar-refractivity contribution in [1.29, 1.82) is 0 Å². The summed E-state index contributed by atoms with van der Waals surface area (Å²) in [6.45, 7) is 4.12. The molecule has 5 nitrogen and oxygen atoms in total. The molecule has 0 aliphatic heterocycles. The Morgan fingerprint density at radius 2 is 2.00 bits per heavy atom. The number of methoxy groups -OCH3 is 1. The number of nitrogens with zero attached hydrogens (tertiary/aromatic N) is 2. The van der Waals surface area contributed by atoms with Crippen LogP contribution >= 0.6 is 34.5 Å². The molecule has 0 bridgehead atoms. The summed E-state index contributed by atoms with van der Waals surface area (Å²) in [7, 11) is 1.69. The van der Waals surface area contributed by atoms with Crippen LogP contribution in [0.25, 0.3) is 5.57 Å². The van der Waals surface area contributed by atoms with E-state index in [0.29, 0.717) is 5.13 Å². The number of hydrogen-bond acceptors (Lipinski definition) is 5. The van der Waals surface area contributed by atoms with Crippen LogP contribution < -0.4 is 5.32 Å². The zero-order valence-corrected chi connectivity index (χ0v) is 16.8. The molecule has 1 heterocycles. The zero-order chi connectivity index (χ0) is 18.8. The Morgan fingerprint density at radius 3 is 2.62 bits per heavy atom. The van der Waals surface area contributed by atoms with Gasteiger partial charge in [-0.1, -0.05) is 47.5 Å². The second-order valence-electron chi connectivity index (χ2n) is 5.99. The van der Waals surface area contributed by atoms with Gasteiger partial charge in [-0.2, -0.15) is 0 Å². The van der Waals surface area contributed by atoms with Crippen LogP contribution in [0, 0.1) is 5.92 Å². The van der Waals surface area contributed by atoms with E-state index in [4.69, 9.17) is 27.9 Å². The Balaban J connectivity index is 1.81. The highest BCUT2D eigenvalue weighted by Crippen LogP contribution is 2.36. The standard InChI is InChI=1S/C18H17Cl2N3O2S/c1-9-7-11(8-10(2)15(9)25-3)17-22-23-18(26-17)21-16(24)14-12(19)5-4-6-13(14)20/h4-7,10H,8H2,1-3H3,(H,21,23,24). The van der Waals surface area contributed by atoms with Crippen molar-refractivity contribution < 1.29 is 9.53 Å². The highest BCUT2D eigenvalue weighted by Gasteiger charge is 2.23. The van der Waals surface area contributed by atoms with Gasteiger partial charge in [0.2, 0.25) is 5.13 Å². The molecule has 1 N–H and O–H groups in total. The zero-order valence-electron chi connectivity index (χ0n) is 14.5. The molecule has 0 spiro atoms. The van der Waals surface area contributed by atoms with E-state index in [2.05, 4.69) is 28.5 Å². The van der Waals surface area contributed by atoms with Crippen LogP contribution in [-0.2, 0) is 4.74 Å². The molecule has 3 rings (SSSR count). The van der Waals surface area contributed by atoms with E-state index in [1.165, 1.54) is 11.3 Å². The first-order valence-corrected chi connectivity index (χ1v) is 9.52. The van der Waals surface area contributed by atoms with Crippen LogP contribution in [0.3, 0.4) is 0 Å². The van der Waals surface area contributed by atoms with E-state index in [1.54, 1.807) is 25.3 Å². The van der Waals surface area contributed by atoms with E-state index in [0.717, 1.165) is 28.3 Å². The van der Waals surface area contributed by atoms with Crippen LogP contribution in [0.2, 0.25) is 10.0 Å². The molecular weight excluding hydrogens is 393 g/mol. The molecule has 0 saturated carbocycles. The summed E-state index contributed by atoms with van der Waals surface area (Å²) in [5.74, 6) is 0.844. The van der Waals surface area contributed by atoms with Gasteiger partial charge in [0.25, 0.3) is 5.91 Å². The summed E-state index contributed by atoms with van der Waals surface area (Å²) in [6.07, 6.45) is 2.86. The number of ether oxygens (including phenoxy) is 1. The second-order valence-corrected chi connectivity index (χ2v) is 7.78. The molecule has 0 saturated heterocycles. The van der Waals surface area contributed by atoms with Crippen LogP contribution in [0.5, 0.6) is 0 Å². The molecule has 1 aliphatic carbocycles. The summed E-state index contributed by atoms with van der Waals surface area (Å²) in [5, 5.41) is 12.7.